The lowest BCUT2D eigenvalue weighted by molar-refractivity contribution is -0.137. The van der Waals surface area contributed by atoms with Gasteiger partial charge < -0.3 is 5.11 Å². The van der Waals surface area contributed by atoms with Gasteiger partial charge in [-0.2, -0.15) is 0 Å². The molecule has 0 spiro atoms. The molecular weight excluding hydrogens is 236 g/mol. The van der Waals surface area contributed by atoms with Crippen LogP contribution in [-0.4, -0.2) is 11.1 Å². The molecule has 19 heavy (non-hydrogen) atoms. The minimum atomic E-state index is -0.687. The highest BCUT2D eigenvalue weighted by Gasteiger charge is 2.56. The smallest absolute Gasteiger partial charge is 0.303 e. The molecule has 0 saturated heterocycles. The monoisotopic (exact) mass is 264 g/mol. The van der Waals surface area contributed by atoms with E-state index in [1.165, 1.54) is 11.1 Å². The molecule has 2 atom stereocenters. The van der Waals surface area contributed by atoms with E-state index < -0.39 is 5.97 Å². The third-order valence-corrected chi connectivity index (χ3v) is 4.23. The van der Waals surface area contributed by atoms with E-state index in [0.29, 0.717) is 23.7 Å². The number of carboxylic acid groups (broad SMARTS) is 1. The van der Waals surface area contributed by atoms with Gasteiger partial charge in [-0.15, -0.1) is 0 Å². The van der Waals surface area contributed by atoms with E-state index in [1.807, 2.05) is 0 Å². The first-order chi connectivity index (χ1) is 8.76. The zero-order valence-electron chi connectivity index (χ0n) is 13.0. The van der Waals surface area contributed by atoms with E-state index in [2.05, 4.69) is 46.8 Å². The maximum Gasteiger partial charge on any atom is 0.303 e. The normalized spacial score (nSPS) is 25.0. The molecule has 0 radical (unpaired) electrons. The number of hydrogen-bond acceptors (Lipinski definition) is 1. The summed E-state index contributed by atoms with van der Waals surface area (Å²) in [6.45, 7) is 11.2. The molecule has 1 rings (SSSR count). The molecule has 0 aromatic carbocycles. The fourth-order valence-corrected chi connectivity index (χ4v) is 3.09. The van der Waals surface area contributed by atoms with Gasteiger partial charge in [-0.1, -0.05) is 37.1 Å². The summed E-state index contributed by atoms with van der Waals surface area (Å²) < 4.78 is 0. The van der Waals surface area contributed by atoms with Gasteiger partial charge >= 0.3 is 5.97 Å². The molecule has 0 bridgehead atoms. The van der Waals surface area contributed by atoms with E-state index in [4.69, 9.17) is 5.11 Å². The van der Waals surface area contributed by atoms with Gasteiger partial charge in [0.05, 0.1) is 0 Å². The standard InChI is InChI=1S/C17H28O2/c1-12(2)11-14-16(17(14,4)5)13(3)9-7-6-8-10-15(18)19/h9,11,14,16H,6-8,10H2,1-5H3,(H,18,19)/b13-9+. The Hall–Kier alpha value is -1.05. The Morgan fingerprint density at radius 3 is 2.37 bits per heavy atom. The van der Waals surface area contributed by atoms with Gasteiger partial charge in [0.2, 0.25) is 0 Å². The lowest BCUT2D eigenvalue weighted by atomic mass is 10.0. The topological polar surface area (TPSA) is 37.3 Å². The van der Waals surface area contributed by atoms with Crippen LogP contribution in [0.1, 0.15) is 60.3 Å². The van der Waals surface area contributed by atoms with E-state index in [9.17, 15) is 4.79 Å². The molecule has 2 heteroatoms. The fourth-order valence-electron chi connectivity index (χ4n) is 3.09. The molecule has 1 fully saturated rings. The number of carboxylic acids is 1. The van der Waals surface area contributed by atoms with E-state index in [-0.39, 0.29) is 0 Å². The summed E-state index contributed by atoms with van der Waals surface area (Å²) >= 11 is 0. The second-order valence-electron chi connectivity index (χ2n) is 6.66. The fraction of sp³-hybridized carbons (Fsp3) is 0.706. The first-order valence-electron chi connectivity index (χ1n) is 7.30. The van der Waals surface area contributed by atoms with Crippen molar-refractivity contribution in [1.82, 2.24) is 0 Å². The number of allylic oxidation sites excluding steroid dienone is 4. The number of carbonyl (C=O) groups is 1. The van der Waals surface area contributed by atoms with Gasteiger partial charge in [0.15, 0.2) is 0 Å². The second kappa shape index (κ2) is 6.40. The number of rotatable bonds is 7. The van der Waals surface area contributed by atoms with E-state index in [1.54, 1.807) is 0 Å². The predicted octanol–water partition coefficient (Wildman–Crippen LogP) is 4.82. The van der Waals surface area contributed by atoms with Crippen molar-refractivity contribution in [1.29, 1.82) is 0 Å². The van der Waals surface area contributed by atoms with Crippen molar-refractivity contribution in [2.45, 2.75) is 60.3 Å². The number of hydrogen-bond donors (Lipinski definition) is 1. The zero-order chi connectivity index (χ0) is 14.6. The van der Waals surface area contributed by atoms with Crippen molar-refractivity contribution in [3.05, 3.63) is 23.3 Å². The molecule has 2 nitrogen and oxygen atoms in total. The van der Waals surface area contributed by atoms with Crippen LogP contribution in [0.5, 0.6) is 0 Å². The van der Waals surface area contributed by atoms with Crippen LogP contribution < -0.4 is 0 Å². The Morgan fingerprint density at radius 1 is 1.21 bits per heavy atom. The third kappa shape index (κ3) is 4.52. The van der Waals surface area contributed by atoms with Crippen LogP contribution >= 0.6 is 0 Å². The van der Waals surface area contributed by atoms with Crippen LogP contribution in [0.3, 0.4) is 0 Å². The highest BCUT2D eigenvalue weighted by Crippen LogP contribution is 2.62. The predicted molar refractivity (Wildman–Crippen MR) is 80.1 cm³/mol. The van der Waals surface area contributed by atoms with Crippen molar-refractivity contribution in [2.75, 3.05) is 0 Å². The Bertz CT molecular complexity index is 384. The SMILES string of the molecule is CC(C)=CC1C(/C(C)=C/CCCCC(=O)O)C1(C)C. The van der Waals surface area contributed by atoms with Crippen molar-refractivity contribution < 1.29 is 9.90 Å². The molecule has 0 amide bonds. The van der Waals surface area contributed by atoms with E-state index >= 15 is 0 Å². The molecule has 1 aliphatic rings. The zero-order valence-corrected chi connectivity index (χ0v) is 13.0. The molecular formula is C17H28O2. The van der Waals surface area contributed by atoms with Gasteiger partial charge in [-0.25, -0.2) is 0 Å². The summed E-state index contributed by atoms with van der Waals surface area (Å²) in [6.07, 6.45) is 7.77. The largest absolute Gasteiger partial charge is 0.481 e. The molecule has 1 N–H and O–H groups in total. The molecule has 2 unspecified atom stereocenters. The van der Waals surface area contributed by atoms with Gasteiger partial charge in [0.25, 0.3) is 0 Å². The summed E-state index contributed by atoms with van der Waals surface area (Å²) in [5.74, 6) is 0.655. The summed E-state index contributed by atoms with van der Waals surface area (Å²) in [5.41, 5.74) is 3.26. The lowest BCUT2D eigenvalue weighted by Crippen LogP contribution is -1.94. The Labute approximate surface area is 117 Å². The highest BCUT2D eigenvalue weighted by atomic mass is 16.4. The van der Waals surface area contributed by atoms with Gasteiger partial charge in [0, 0.05) is 6.42 Å². The lowest BCUT2D eigenvalue weighted by Gasteiger charge is -2.03. The maximum atomic E-state index is 10.4. The number of aliphatic carboxylic acids is 1. The Kier molecular flexibility index (Phi) is 5.39. The minimum absolute atomic E-state index is 0.294. The Morgan fingerprint density at radius 2 is 1.84 bits per heavy atom. The summed E-state index contributed by atoms with van der Waals surface area (Å²) in [5, 5.41) is 8.59. The van der Waals surface area contributed by atoms with Gasteiger partial charge in [0.1, 0.15) is 0 Å². The van der Waals surface area contributed by atoms with Crippen molar-refractivity contribution in [2.24, 2.45) is 17.3 Å². The van der Waals surface area contributed by atoms with Crippen LogP contribution in [0.15, 0.2) is 23.3 Å². The first-order valence-corrected chi connectivity index (χ1v) is 7.30. The quantitative estimate of drug-likeness (QED) is 0.529. The Balaban J connectivity index is 2.43. The van der Waals surface area contributed by atoms with Gasteiger partial charge in [-0.3, -0.25) is 4.79 Å². The van der Waals surface area contributed by atoms with Crippen LogP contribution in [0.2, 0.25) is 0 Å². The second-order valence-corrected chi connectivity index (χ2v) is 6.66. The molecule has 0 heterocycles. The first kappa shape index (κ1) is 16.0. The summed E-state index contributed by atoms with van der Waals surface area (Å²) in [7, 11) is 0. The molecule has 108 valence electrons. The molecule has 1 saturated carbocycles. The maximum absolute atomic E-state index is 10.4. The molecule has 1 aliphatic carbocycles. The van der Waals surface area contributed by atoms with Crippen LogP contribution in [0.4, 0.5) is 0 Å². The van der Waals surface area contributed by atoms with E-state index in [0.717, 1.165) is 19.3 Å². The number of unbranched alkanes of at least 4 members (excludes halogenated alkanes) is 2. The van der Waals surface area contributed by atoms with Gasteiger partial charge in [-0.05, 0) is 57.3 Å². The summed E-state index contributed by atoms with van der Waals surface area (Å²) in [6, 6.07) is 0. The van der Waals surface area contributed by atoms with Crippen molar-refractivity contribution >= 4 is 5.97 Å². The van der Waals surface area contributed by atoms with Crippen LogP contribution in [-0.2, 0) is 4.79 Å². The average molecular weight is 264 g/mol. The summed E-state index contributed by atoms with van der Waals surface area (Å²) in [4.78, 5) is 10.4. The van der Waals surface area contributed by atoms with Crippen molar-refractivity contribution in [3.8, 4) is 0 Å². The van der Waals surface area contributed by atoms with Crippen LogP contribution in [0.25, 0.3) is 0 Å². The minimum Gasteiger partial charge on any atom is -0.481 e. The molecule has 0 aliphatic heterocycles. The highest BCUT2D eigenvalue weighted by molar-refractivity contribution is 5.66. The average Bonchev–Trinajstić information content (AvgIpc) is 2.78. The van der Waals surface area contributed by atoms with Crippen LogP contribution in [0, 0.1) is 17.3 Å². The molecule has 0 aromatic heterocycles. The molecule has 0 aromatic rings. The van der Waals surface area contributed by atoms with Crippen molar-refractivity contribution in [3.63, 3.8) is 0 Å². The third-order valence-electron chi connectivity index (χ3n) is 4.23.